The molecule has 0 saturated carbocycles. The van der Waals surface area contributed by atoms with Gasteiger partial charge in [0.2, 0.25) is 5.91 Å². The van der Waals surface area contributed by atoms with Gasteiger partial charge in [-0.15, -0.1) is 0 Å². The zero-order valence-electron chi connectivity index (χ0n) is 14.8. The standard InChI is InChI=1S/C22H19FN2O2/c1-16(25-22(26)12-11-17-6-2-3-10-21(17)23)18-7-4-8-19(14-18)27-20-9-5-13-24-15-20/h2-16H,1H3,(H,25,26)/t16-/m0/s1. The molecule has 1 N–H and O–H groups in total. The number of halogens is 1. The number of hydrogen-bond acceptors (Lipinski definition) is 3. The van der Waals surface area contributed by atoms with E-state index in [1.807, 2.05) is 37.3 Å². The van der Waals surface area contributed by atoms with Crippen molar-refractivity contribution in [2.24, 2.45) is 0 Å². The zero-order chi connectivity index (χ0) is 19.1. The summed E-state index contributed by atoms with van der Waals surface area (Å²) in [7, 11) is 0. The third-order valence-electron chi connectivity index (χ3n) is 3.91. The Bertz CT molecular complexity index is 942. The summed E-state index contributed by atoms with van der Waals surface area (Å²) in [5.41, 5.74) is 1.26. The van der Waals surface area contributed by atoms with Crippen LogP contribution in [0.2, 0.25) is 0 Å². The molecule has 0 spiro atoms. The fraction of sp³-hybridized carbons (Fsp3) is 0.0909. The Balaban J connectivity index is 1.63. The third kappa shape index (κ3) is 5.25. The second kappa shape index (κ2) is 8.76. The van der Waals surface area contributed by atoms with Crippen molar-refractivity contribution in [3.8, 4) is 11.5 Å². The number of carbonyl (C=O) groups is 1. The van der Waals surface area contributed by atoms with Gasteiger partial charge in [-0.1, -0.05) is 30.3 Å². The minimum absolute atomic E-state index is 0.236. The van der Waals surface area contributed by atoms with Crippen molar-refractivity contribution in [2.45, 2.75) is 13.0 Å². The van der Waals surface area contributed by atoms with Crippen LogP contribution in [-0.2, 0) is 4.79 Å². The smallest absolute Gasteiger partial charge is 0.244 e. The number of ether oxygens (including phenoxy) is 1. The number of aromatic nitrogens is 1. The van der Waals surface area contributed by atoms with Crippen LogP contribution in [0.25, 0.3) is 6.08 Å². The largest absolute Gasteiger partial charge is 0.456 e. The van der Waals surface area contributed by atoms with Crippen LogP contribution >= 0.6 is 0 Å². The van der Waals surface area contributed by atoms with Crippen LogP contribution in [0, 0.1) is 5.82 Å². The van der Waals surface area contributed by atoms with E-state index in [4.69, 9.17) is 4.74 Å². The molecule has 1 heterocycles. The number of pyridine rings is 1. The molecule has 0 aliphatic rings. The van der Waals surface area contributed by atoms with E-state index in [0.29, 0.717) is 17.1 Å². The molecule has 0 radical (unpaired) electrons. The van der Waals surface area contributed by atoms with Gasteiger partial charge in [-0.05, 0) is 48.9 Å². The molecule has 27 heavy (non-hydrogen) atoms. The van der Waals surface area contributed by atoms with Crippen molar-refractivity contribution in [3.05, 3.63) is 96.1 Å². The average Bonchev–Trinajstić information content (AvgIpc) is 2.68. The number of hydrogen-bond donors (Lipinski definition) is 1. The van der Waals surface area contributed by atoms with Crippen molar-refractivity contribution in [3.63, 3.8) is 0 Å². The second-order valence-electron chi connectivity index (χ2n) is 5.95. The highest BCUT2D eigenvalue weighted by molar-refractivity contribution is 5.92. The predicted octanol–water partition coefficient (Wildman–Crippen LogP) is 4.90. The van der Waals surface area contributed by atoms with Crippen molar-refractivity contribution in [2.75, 3.05) is 0 Å². The van der Waals surface area contributed by atoms with Gasteiger partial charge in [0.1, 0.15) is 17.3 Å². The lowest BCUT2D eigenvalue weighted by Gasteiger charge is -2.14. The number of amides is 1. The summed E-state index contributed by atoms with van der Waals surface area (Å²) in [5, 5.41) is 2.86. The minimum Gasteiger partial charge on any atom is -0.456 e. The summed E-state index contributed by atoms with van der Waals surface area (Å²) in [5.74, 6) is 0.627. The summed E-state index contributed by atoms with van der Waals surface area (Å²) in [6, 6.07) is 17.1. The summed E-state index contributed by atoms with van der Waals surface area (Å²) in [4.78, 5) is 16.1. The average molecular weight is 362 g/mol. The van der Waals surface area contributed by atoms with E-state index in [1.165, 1.54) is 18.2 Å². The zero-order valence-corrected chi connectivity index (χ0v) is 14.8. The Morgan fingerprint density at radius 3 is 2.70 bits per heavy atom. The minimum atomic E-state index is -0.366. The fourth-order valence-electron chi connectivity index (χ4n) is 2.51. The first-order valence-corrected chi connectivity index (χ1v) is 8.53. The molecule has 0 unspecified atom stereocenters. The molecular formula is C22H19FN2O2. The van der Waals surface area contributed by atoms with Crippen LogP contribution in [0.4, 0.5) is 4.39 Å². The van der Waals surface area contributed by atoms with Gasteiger partial charge in [0.15, 0.2) is 0 Å². The van der Waals surface area contributed by atoms with Gasteiger partial charge in [0, 0.05) is 17.8 Å². The maximum Gasteiger partial charge on any atom is 0.244 e. The summed E-state index contributed by atoms with van der Waals surface area (Å²) >= 11 is 0. The molecule has 1 aromatic heterocycles. The number of carbonyl (C=O) groups excluding carboxylic acids is 1. The van der Waals surface area contributed by atoms with E-state index in [-0.39, 0.29) is 17.8 Å². The maximum atomic E-state index is 13.6. The van der Waals surface area contributed by atoms with Crippen LogP contribution in [0.5, 0.6) is 11.5 Å². The van der Waals surface area contributed by atoms with Gasteiger partial charge in [-0.2, -0.15) is 0 Å². The van der Waals surface area contributed by atoms with E-state index < -0.39 is 0 Å². The third-order valence-corrected chi connectivity index (χ3v) is 3.91. The van der Waals surface area contributed by atoms with E-state index in [2.05, 4.69) is 10.3 Å². The molecule has 136 valence electrons. The van der Waals surface area contributed by atoms with Crippen LogP contribution in [0.1, 0.15) is 24.1 Å². The SMILES string of the molecule is C[C@H](NC(=O)C=Cc1ccccc1F)c1cccc(Oc2cccnc2)c1. The molecule has 2 aromatic carbocycles. The predicted molar refractivity (Wildman–Crippen MR) is 103 cm³/mol. The summed E-state index contributed by atoms with van der Waals surface area (Å²) in [6.07, 6.45) is 6.09. The second-order valence-corrected chi connectivity index (χ2v) is 5.95. The molecular weight excluding hydrogens is 343 g/mol. The maximum absolute atomic E-state index is 13.6. The molecule has 1 atom stereocenters. The topological polar surface area (TPSA) is 51.2 Å². The summed E-state index contributed by atoms with van der Waals surface area (Å²) in [6.45, 7) is 1.87. The number of benzene rings is 2. The molecule has 5 heteroatoms. The number of nitrogens with zero attached hydrogens (tertiary/aromatic N) is 1. The Morgan fingerprint density at radius 1 is 1.11 bits per heavy atom. The van der Waals surface area contributed by atoms with Gasteiger partial charge < -0.3 is 10.1 Å². The highest BCUT2D eigenvalue weighted by Gasteiger charge is 2.09. The fourth-order valence-corrected chi connectivity index (χ4v) is 2.51. The number of nitrogens with one attached hydrogen (secondary N) is 1. The lowest BCUT2D eigenvalue weighted by Crippen LogP contribution is -2.24. The van der Waals surface area contributed by atoms with Crippen LogP contribution in [-0.4, -0.2) is 10.9 Å². The monoisotopic (exact) mass is 362 g/mol. The molecule has 3 rings (SSSR count). The van der Waals surface area contributed by atoms with Crippen molar-refractivity contribution in [1.29, 1.82) is 0 Å². The Kier molecular flexibility index (Phi) is 5.94. The van der Waals surface area contributed by atoms with Gasteiger partial charge >= 0.3 is 0 Å². The highest BCUT2D eigenvalue weighted by atomic mass is 19.1. The molecule has 0 saturated heterocycles. The number of rotatable bonds is 6. The molecule has 1 amide bonds. The molecule has 0 aliphatic heterocycles. The summed E-state index contributed by atoms with van der Waals surface area (Å²) < 4.78 is 19.4. The van der Waals surface area contributed by atoms with Crippen LogP contribution in [0.3, 0.4) is 0 Å². The van der Waals surface area contributed by atoms with E-state index in [9.17, 15) is 9.18 Å². The van der Waals surface area contributed by atoms with E-state index in [1.54, 1.807) is 36.7 Å². The molecule has 0 fully saturated rings. The first-order valence-electron chi connectivity index (χ1n) is 8.53. The molecule has 4 nitrogen and oxygen atoms in total. The van der Waals surface area contributed by atoms with Crippen molar-refractivity contribution >= 4 is 12.0 Å². The highest BCUT2D eigenvalue weighted by Crippen LogP contribution is 2.24. The molecule has 3 aromatic rings. The molecule has 0 bridgehead atoms. The Labute approximate surface area is 157 Å². The van der Waals surface area contributed by atoms with Crippen LogP contribution in [0.15, 0.2) is 79.1 Å². The normalized spacial score (nSPS) is 11.9. The van der Waals surface area contributed by atoms with Crippen LogP contribution < -0.4 is 10.1 Å². The Morgan fingerprint density at radius 2 is 1.93 bits per heavy atom. The van der Waals surface area contributed by atoms with Crippen molar-refractivity contribution in [1.82, 2.24) is 10.3 Å². The van der Waals surface area contributed by atoms with E-state index >= 15 is 0 Å². The van der Waals surface area contributed by atoms with Gasteiger partial charge in [0.25, 0.3) is 0 Å². The Hall–Kier alpha value is -3.47. The first-order chi connectivity index (χ1) is 13.1. The lowest BCUT2D eigenvalue weighted by atomic mass is 10.1. The van der Waals surface area contributed by atoms with Gasteiger partial charge in [-0.3, -0.25) is 9.78 Å². The van der Waals surface area contributed by atoms with Gasteiger partial charge in [0.05, 0.1) is 12.2 Å². The van der Waals surface area contributed by atoms with Crippen molar-refractivity contribution < 1.29 is 13.9 Å². The first kappa shape index (κ1) is 18.3. The van der Waals surface area contributed by atoms with E-state index in [0.717, 1.165) is 5.56 Å². The van der Waals surface area contributed by atoms with Gasteiger partial charge in [-0.25, -0.2) is 4.39 Å². The lowest BCUT2D eigenvalue weighted by molar-refractivity contribution is -0.117. The quantitative estimate of drug-likeness (QED) is 0.634. The molecule has 0 aliphatic carbocycles.